The molecule has 0 saturated carbocycles. The van der Waals surface area contributed by atoms with Crippen molar-refractivity contribution in [3.8, 4) is 0 Å². The minimum absolute atomic E-state index is 0.00263. The molecule has 1 N–H and O–H groups in total. The third kappa shape index (κ3) is 3.21. The minimum atomic E-state index is -0.249. The first-order valence-electron chi connectivity index (χ1n) is 6.29. The van der Waals surface area contributed by atoms with Crippen LogP contribution >= 0.6 is 0 Å². The van der Waals surface area contributed by atoms with Gasteiger partial charge in [0.1, 0.15) is 0 Å². The number of likely N-dealkylation sites (tertiary alicyclic amines) is 1. The van der Waals surface area contributed by atoms with Crippen molar-refractivity contribution >= 4 is 41.2 Å². The average Bonchev–Trinajstić information content (AvgIpc) is 2.28. The fraction of sp³-hybridized carbons (Fsp3) is 0.818. The fourth-order valence-corrected chi connectivity index (χ4v) is 4.23. The number of ether oxygens (including phenoxy) is 1. The molecule has 2 aliphatic heterocycles. The number of hydrogen-bond donors (Lipinski definition) is 1. The summed E-state index contributed by atoms with van der Waals surface area (Å²) in [5.74, 6) is 0. The van der Waals surface area contributed by atoms with Crippen LogP contribution < -0.4 is 0 Å². The molecule has 1 amide bonds. The van der Waals surface area contributed by atoms with Gasteiger partial charge in [-0.25, -0.2) is 0 Å². The van der Waals surface area contributed by atoms with Crippen LogP contribution in [0.3, 0.4) is 0 Å². The monoisotopic (exact) mass is 267 g/mol. The quantitative estimate of drug-likeness (QED) is 0.633. The molecule has 6 heteroatoms. The third-order valence-electron chi connectivity index (χ3n) is 3.90. The number of rotatable bonds is 1. The zero-order valence-electron chi connectivity index (χ0n) is 10.4. The van der Waals surface area contributed by atoms with Crippen molar-refractivity contribution in [2.24, 2.45) is 0 Å². The van der Waals surface area contributed by atoms with Gasteiger partial charge in [0.2, 0.25) is 0 Å². The molecule has 2 aliphatic rings. The van der Waals surface area contributed by atoms with Crippen LogP contribution in [0.5, 0.6) is 0 Å². The van der Waals surface area contributed by atoms with E-state index in [1.807, 2.05) is 4.90 Å². The average molecular weight is 267 g/mol. The van der Waals surface area contributed by atoms with Gasteiger partial charge in [0.05, 0.1) is 0 Å². The molecule has 2 rings (SSSR count). The maximum absolute atomic E-state index is 11.3. The van der Waals surface area contributed by atoms with E-state index in [0.29, 0.717) is 16.3 Å². The first-order chi connectivity index (χ1) is 8.04. The molecule has 0 aromatic rings. The van der Waals surface area contributed by atoms with E-state index in [1.54, 1.807) is 0 Å². The van der Waals surface area contributed by atoms with Gasteiger partial charge in [-0.1, -0.05) is 0 Å². The summed E-state index contributed by atoms with van der Waals surface area (Å²) in [6, 6.07) is 0. The number of carbonyl (C=O) groups is 1. The Labute approximate surface area is 116 Å². The van der Waals surface area contributed by atoms with Crippen LogP contribution in [-0.2, 0) is 4.74 Å². The van der Waals surface area contributed by atoms with Gasteiger partial charge in [0.15, 0.2) is 0 Å². The first-order valence-corrected chi connectivity index (χ1v) is 8.77. The Bertz CT molecular complexity index is 316. The summed E-state index contributed by atoms with van der Waals surface area (Å²) in [5, 5.41) is 13.9. The van der Waals surface area contributed by atoms with Crippen LogP contribution in [0.2, 0.25) is 0 Å². The van der Waals surface area contributed by atoms with Gasteiger partial charge >= 0.3 is 116 Å². The Hall–Kier alpha value is 0.325. The van der Waals surface area contributed by atoms with E-state index >= 15 is 0 Å². The Morgan fingerprint density at radius 1 is 1.53 bits per heavy atom. The van der Waals surface area contributed by atoms with E-state index in [4.69, 9.17) is 4.74 Å². The molecule has 2 atom stereocenters. The van der Waals surface area contributed by atoms with E-state index in [0.717, 1.165) is 38.8 Å². The molecule has 0 aromatic heterocycles. The third-order valence-corrected chi connectivity index (χ3v) is 5.46. The van der Waals surface area contributed by atoms with E-state index in [-0.39, 0.29) is 36.2 Å². The summed E-state index contributed by atoms with van der Waals surface area (Å²) in [6.45, 7) is 1.57. The van der Waals surface area contributed by atoms with Crippen LogP contribution in [0.1, 0.15) is 25.7 Å². The normalized spacial score (nSPS) is 32.2. The number of aliphatic hydroxyl groups is 1. The van der Waals surface area contributed by atoms with Gasteiger partial charge < -0.3 is 0 Å². The SMILES string of the molecule is [CH2]=[Al][CH]1CC(O)CC2(CCN([C](=O)[AlH2])CC2)O1. The molecule has 2 unspecified atom stereocenters. The Balaban J connectivity index is 2.01. The summed E-state index contributed by atoms with van der Waals surface area (Å²) >= 11 is 0.598. The zero-order chi connectivity index (χ0) is 12.5. The van der Waals surface area contributed by atoms with Crippen molar-refractivity contribution in [1.29, 1.82) is 0 Å². The van der Waals surface area contributed by atoms with Gasteiger partial charge in [-0.15, -0.1) is 0 Å². The van der Waals surface area contributed by atoms with Crippen molar-refractivity contribution in [2.45, 2.75) is 42.4 Å². The molecular weight excluding hydrogens is 248 g/mol. The Morgan fingerprint density at radius 2 is 2.18 bits per heavy atom. The molecular formula is C11H19Al2NO3. The number of piperidine rings is 1. The summed E-state index contributed by atoms with van der Waals surface area (Å²) in [4.78, 5) is 13.4. The molecule has 0 aliphatic carbocycles. The molecule has 2 saturated heterocycles. The molecule has 1 spiro atoms. The van der Waals surface area contributed by atoms with E-state index < -0.39 is 0 Å². The van der Waals surface area contributed by atoms with Crippen molar-refractivity contribution in [3.05, 3.63) is 0 Å². The number of hydrogen-bond acceptors (Lipinski definition) is 3. The Kier molecular flexibility index (Phi) is 4.47. The molecule has 17 heavy (non-hydrogen) atoms. The molecule has 4 nitrogen and oxygen atoms in total. The van der Waals surface area contributed by atoms with E-state index in [1.165, 1.54) is 0 Å². The molecule has 0 aromatic carbocycles. The second kappa shape index (κ2) is 5.53. The van der Waals surface area contributed by atoms with Gasteiger partial charge in [-0.2, -0.15) is 0 Å². The van der Waals surface area contributed by atoms with Crippen LogP contribution in [0.4, 0.5) is 4.79 Å². The van der Waals surface area contributed by atoms with Crippen LogP contribution in [0.25, 0.3) is 0 Å². The number of aliphatic hydroxyl groups excluding tert-OH is 1. The number of carbonyl (C=O) groups excluding carboxylic acids is 1. The van der Waals surface area contributed by atoms with Crippen LogP contribution in [0.15, 0.2) is 0 Å². The first kappa shape index (κ1) is 13.7. The zero-order valence-corrected chi connectivity index (χ0v) is 13.5. The topological polar surface area (TPSA) is 49.8 Å². The molecule has 92 valence electrons. The van der Waals surface area contributed by atoms with Gasteiger partial charge in [-0.3, -0.25) is 0 Å². The van der Waals surface area contributed by atoms with Crippen molar-refractivity contribution in [3.63, 3.8) is 0 Å². The summed E-state index contributed by atoms with van der Waals surface area (Å²) < 4.78 is 6.42. The second-order valence-electron chi connectivity index (χ2n) is 5.17. The van der Waals surface area contributed by atoms with Crippen LogP contribution in [-0.4, -0.2) is 81.0 Å². The predicted octanol–water partition coefficient (Wildman–Crippen LogP) is -0.792. The van der Waals surface area contributed by atoms with Crippen molar-refractivity contribution in [2.75, 3.05) is 13.1 Å². The predicted molar refractivity (Wildman–Crippen MR) is 70.5 cm³/mol. The molecule has 2 fully saturated rings. The second-order valence-corrected chi connectivity index (χ2v) is 7.25. The summed E-state index contributed by atoms with van der Waals surface area (Å²) in [6.07, 6.45) is 2.96. The van der Waals surface area contributed by atoms with Gasteiger partial charge in [-0.05, 0) is 0 Å². The maximum atomic E-state index is 11.3. The van der Waals surface area contributed by atoms with E-state index in [2.05, 4.69) is 5.39 Å². The van der Waals surface area contributed by atoms with Gasteiger partial charge in [0.25, 0.3) is 0 Å². The summed E-state index contributed by atoms with van der Waals surface area (Å²) in [5.41, 5.74) is -0.180. The van der Waals surface area contributed by atoms with Crippen molar-refractivity contribution < 1.29 is 14.6 Å². The van der Waals surface area contributed by atoms with E-state index in [9.17, 15) is 9.90 Å². The Morgan fingerprint density at radius 3 is 2.71 bits per heavy atom. The van der Waals surface area contributed by atoms with Gasteiger partial charge in [0, 0.05) is 0 Å². The van der Waals surface area contributed by atoms with Crippen molar-refractivity contribution in [1.82, 2.24) is 4.90 Å². The molecule has 2 heterocycles. The summed E-state index contributed by atoms with van der Waals surface area (Å²) in [7, 11) is 0. The standard InChI is InChI=1S/C10H15NO3.CH2.2Al.2H/c12-8-11-4-2-10(3-5-11)7-9(13)1-6-14-10;;;;;/h6,9,13H,1-5,7H2;1H2;;;;. The number of amides is 1. The number of nitrogens with zero attached hydrogens (tertiary/aromatic N) is 1. The molecule has 0 radical (unpaired) electrons. The van der Waals surface area contributed by atoms with Crippen LogP contribution in [0, 0.1) is 0 Å². The fourth-order valence-electron chi connectivity index (χ4n) is 2.89. The molecule has 0 bridgehead atoms.